The minimum atomic E-state index is -3.92. The number of alkyl carbamates (subject to hydrolysis) is 1. The van der Waals surface area contributed by atoms with Crippen molar-refractivity contribution in [2.24, 2.45) is 0 Å². The molecule has 0 radical (unpaired) electrons. The fourth-order valence-corrected chi connectivity index (χ4v) is 5.82. The second-order valence-electron chi connectivity index (χ2n) is 9.31. The van der Waals surface area contributed by atoms with Crippen LogP contribution in [0.3, 0.4) is 0 Å². The molecular weight excluding hydrogens is 546 g/mol. The van der Waals surface area contributed by atoms with Crippen LogP contribution >= 0.6 is 0 Å². The van der Waals surface area contributed by atoms with Crippen molar-refractivity contribution in [1.29, 1.82) is 0 Å². The molecule has 0 spiro atoms. The molecule has 0 saturated carbocycles. The lowest BCUT2D eigenvalue weighted by atomic mass is 9.83. The highest BCUT2D eigenvalue weighted by Crippen LogP contribution is 2.35. The third-order valence-corrected chi connectivity index (χ3v) is 8.05. The van der Waals surface area contributed by atoms with Gasteiger partial charge in [-0.2, -0.15) is 0 Å². The lowest BCUT2D eigenvalue weighted by molar-refractivity contribution is -0.324. The van der Waals surface area contributed by atoms with Crippen molar-refractivity contribution < 1.29 is 51.5 Å². The van der Waals surface area contributed by atoms with Crippen LogP contribution in [0.5, 0.6) is 0 Å². The molecule has 0 aliphatic carbocycles. The van der Waals surface area contributed by atoms with Gasteiger partial charge in [0, 0.05) is 21.3 Å². The minimum absolute atomic E-state index is 0.0342. The first-order valence-corrected chi connectivity index (χ1v) is 14.1. The van der Waals surface area contributed by atoms with E-state index < -0.39 is 51.8 Å². The van der Waals surface area contributed by atoms with E-state index in [-0.39, 0.29) is 31.7 Å². The van der Waals surface area contributed by atoms with Gasteiger partial charge in [0.1, 0.15) is 44.0 Å². The fourth-order valence-electron chi connectivity index (χ4n) is 4.39. The van der Waals surface area contributed by atoms with Crippen LogP contribution in [-0.4, -0.2) is 97.0 Å². The number of rotatable bonds is 14. The summed E-state index contributed by atoms with van der Waals surface area (Å²) in [5.74, 6) is -0.575. The van der Waals surface area contributed by atoms with Crippen molar-refractivity contribution in [3.8, 4) is 0 Å². The number of benzene rings is 2. The largest absolute Gasteiger partial charge is 0.445 e. The molecule has 0 aromatic heterocycles. The Balaban J connectivity index is 1.92. The number of sulfone groups is 1. The number of methoxy groups -OCH3 is 3. The molecule has 1 fully saturated rings. The Morgan fingerprint density at radius 1 is 0.975 bits per heavy atom. The number of amides is 1. The van der Waals surface area contributed by atoms with Crippen LogP contribution in [0.25, 0.3) is 0 Å². The van der Waals surface area contributed by atoms with E-state index in [2.05, 4.69) is 5.32 Å². The van der Waals surface area contributed by atoms with Crippen molar-refractivity contribution in [3.05, 3.63) is 65.7 Å². The summed E-state index contributed by atoms with van der Waals surface area (Å²) in [7, 11) is 0.175. The monoisotopic (exact) mass is 583 g/mol. The maximum absolute atomic E-state index is 13.4. The van der Waals surface area contributed by atoms with Gasteiger partial charge in [-0.25, -0.2) is 13.2 Å². The van der Waals surface area contributed by atoms with Crippen LogP contribution in [0.2, 0.25) is 0 Å². The molecule has 1 amide bonds. The van der Waals surface area contributed by atoms with Gasteiger partial charge < -0.3 is 43.6 Å². The second kappa shape index (κ2) is 14.8. The van der Waals surface area contributed by atoms with Crippen molar-refractivity contribution in [2.45, 2.75) is 48.6 Å². The van der Waals surface area contributed by atoms with Crippen LogP contribution in [0, 0.1) is 6.92 Å². The molecule has 0 bridgehead atoms. The molecule has 3 rings (SSSR count). The predicted octanol–water partition coefficient (Wildman–Crippen LogP) is 1.78. The number of carbonyl (C=O) groups is 1. The summed E-state index contributed by atoms with van der Waals surface area (Å²) >= 11 is 0. The molecule has 2 aromatic carbocycles. The number of ether oxygens (including phenoxy) is 7. The average Bonchev–Trinajstić information content (AvgIpc) is 2.93. The zero-order valence-electron chi connectivity index (χ0n) is 23.0. The third-order valence-electron chi connectivity index (χ3n) is 6.29. The smallest absolute Gasteiger partial charge is 0.407 e. The molecule has 12 nitrogen and oxygen atoms in total. The van der Waals surface area contributed by atoms with Crippen molar-refractivity contribution in [2.75, 3.05) is 47.3 Å². The molecule has 5 atom stereocenters. The Morgan fingerprint density at radius 3 is 2.25 bits per heavy atom. The first-order valence-electron chi connectivity index (χ1n) is 12.5. The molecule has 1 aliphatic heterocycles. The van der Waals surface area contributed by atoms with Crippen LogP contribution in [0.1, 0.15) is 11.1 Å². The van der Waals surface area contributed by atoms with Crippen molar-refractivity contribution in [1.82, 2.24) is 5.32 Å². The predicted molar refractivity (Wildman–Crippen MR) is 142 cm³/mol. The Labute approximate surface area is 234 Å². The maximum Gasteiger partial charge on any atom is 0.407 e. The van der Waals surface area contributed by atoms with Gasteiger partial charge >= 0.3 is 6.09 Å². The highest BCUT2D eigenvalue weighted by Gasteiger charge is 2.59. The summed E-state index contributed by atoms with van der Waals surface area (Å²) in [6.07, 6.45) is -4.85. The molecule has 2 aromatic rings. The minimum Gasteiger partial charge on any atom is -0.445 e. The van der Waals surface area contributed by atoms with Gasteiger partial charge in [0.25, 0.3) is 0 Å². The normalized spacial score (nSPS) is 24.9. The van der Waals surface area contributed by atoms with Crippen LogP contribution in [0.15, 0.2) is 59.5 Å². The third kappa shape index (κ3) is 8.21. The molecule has 40 heavy (non-hydrogen) atoms. The summed E-state index contributed by atoms with van der Waals surface area (Å²) in [6, 6.07) is 14.0. The molecule has 1 unspecified atom stereocenters. The summed E-state index contributed by atoms with van der Waals surface area (Å²) in [5.41, 5.74) is -0.410. The number of carbonyl (C=O) groups excluding carboxylic acids is 1. The Hall–Kier alpha value is -2.62. The number of aliphatic hydroxyl groups is 1. The molecule has 1 heterocycles. The maximum atomic E-state index is 13.4. The number of aryl methyl sites for hydroxylation is 1. The summed E-state index contributed by atoms with van der Waals surface area (Å²) in [6.45, 7) is 0.827. The summed E-state index contributed by atoms with van der Waals surface area (Å²) in [5, 5.41) is 14.6. The van der Waals surface area contributed by atoms with Gasteiger partial charge in [-0.3, -0.25) is 0 Å². The van der Waals surface area contributed by atoms with E-state index in [0.717, 1.165) is 11.1 Å². The highest BCUT2D eigenvalue weighted by atomic mass is 32.2. The fraction of sp³-hybridized carbons (Fsp3) is 0.519. The standard InChI is InChI=1S/C27H37NO11S/c1-19-10-12-21(13-11-19)40(31,32)15-22-24(37-17-34-3)27(30,16-33-2)23(25(39-22)38-18-35-4)28-26(29)36-14-20-8-6-5-7-9-20/h5-13,22-25,30H,14-18H2,1-4H3,(H,28,29)/t22-,23+,24+,25?,27-/m1/s1. The van der Waals surface area contributed by atoms with Crippen LogP contribution < -0.4 is 5.32 Å². The molecule has 1 saturated heterocycles. The van der Waals surface area contributed by atoms with E-state index in [9.17, 15) is 18.3 Å². The van der Waals surface area contributed by atoms with E-state index in [1.165, 1.54) is 33.5 Å². The lowest BCUT2D eigenvalue weighted by Crippen LogP contribution is -2.74. The number of hydrogen-bond acceptors (Lipinski definition) is 11. The Bertz CT molecular complexity index is 1160. The van der Waals surface area contributed by atoms with Gasteiger partial charge in [0.05, 0.1) is 17.3 Å². The van der Waals surface area contributed by atoms with Crippen molar-refractivity contribution >= 4 is 15.9 Å². The lowest BCUT2D eigenvalue weighted by Gasteiger charge is -2.50. The van der Waals surface area contributed by atoms with E-state index >= 15 is 0 Å². The first kappa shape index (κ1) is 31.9. The zero-order chi connectivity index (χ0) is 29.2. The van der Waals surface area contributed by atoms with Gasteiger partial charge in [-0.1, -0.05) is 48.0 Å². The summed E-state index contributed by atoms with van der Waals surface area (Å²) < 4.78 is 64.9. The van der Waals surface area contributed by atoms with Gasteiger partial charge in [-0.15, -0.1) is 0 Å². The van der Waals surface area contributed by atoms with Crippen LogP contribution in [-0.2, 0) is 49.6 Å². The second-order valence-corrected chi connectivity index (χ2v) is 11.3. The SMILES string of the molecule is COCOC1O[C@H](CS(=O)(=O)c2ccc(C)cc2)[C@H](OCOC)[C@@](O)(COC)[C@H]1NC(=O)OCc1ccccc1. The summed E-state index contributed by atoms with van der Waals surface area (Å²) in [4.78, 5) is 12.9. The molecule has 1 aliphatic rings. The average molecular weight is 584 g/mol. The van der Waals surface area contributed by atoms with E-state index in [1.54, 1.807) is 36.4 Å². The van der Waals surface area contributed by atoms with Gasteiger partial charge in [-0.05, 0) is 24.6 Å². The highest BCUT2D eigenvalue weighted by molar-refractivity contribution is 7.91. The van der Waals surface area contributed by atoms with Gasteiger partial charge in [0.15, 0.2) is 16.1 Å². The Morgan fingerprint density at radius 2 is 1.62 bits per heavy atom. The van der Waals surface area contributed by atoms with Gasteiger partial charge in [0.2, 0.25) is 0 Å². The van der Waals surface area contributed by atoms with Crippen LogP contribution in [0.4, 0.5) is 4.79 Å². The molecule has 222 valence electrons. The number of nitrogens with one attached hydrogen (secondary N) is 1. The van der Waals surface area contributed by atoms with Crippen molar-refractivity contribution in [3.63, 3.8) is 0 Å². The topological polar surface area (TPSA) is 148 Å². The molecule has 13 heteroatoms. The van der Waals surface area contributed by atoms with E-state index in [4.69, 9.17) is 33.2 Å². The Kier molecular flexibility index (Phi) is 11.8. The molecule has 2 N–H and O–H groups in total. The van der Waals surface area contributed by atoms with E-state index in [0.29, 0.717) is 0 Å². The zero-order valence-corrected chi connectivity index (χ0v) is 23.8. The first-order chi connectivity index (χ1) is 19.1. The quantitative estimate of drug-likeness (QED) is 0.314. The van der Waals surface area contributed by atoms with E-state index in [1.807, 2.05) is 13.0 Å². The molecular formula is C27H37NO11S. The number of hydrogen-bond donors (Lipinski definition) is 2.